The van der Waals surface area contributed by atoms with Crippen LogP contribution < -0.4 is 11.1 Å². The van der Waals surface area contributed by atoms with Gasteiger partial charge in [0.05, 0.1) is 0 Å². The summed E-state index contributed by atoms with van der Waals surface area (Å²) in [4.78, 5) is 16.1. The van der Waals surface area contributed by atoms with E-state index in [1.54, 1.807) is 24.3 Å². The summed E-state index contributed by atoms with van der Waals surface area (Å²) in [5, 5.41) is 2.41. The maximum absolute atomic E-state index is 13.5. The molecule has 3 aromatic rings. The van der Waals surface area contributed by atoms with Crippen molar-refractivity contribution in [3.05, 3.63) is 71.6 Å². The Morgan fingerprint density at radius 1 is 1.17 bits per heavy atom. The molecule has 24 heavy (non-hydrogen) atoms. The number of nitrogen functional groups attached to an aromatic ring is 1. The van der Waals surface area contributed by atoms with Gasteiger partial charge in [-0.3, -0.25) is 4.79 Å². The van der Waals surface area contributed by atoms with Crippen LogP contribution in [0.15, 0.2) is 53.1 Å². The molecule has 122 valence electrons. The highest BCUT2D eigenvalue weighted by molar-refractivity contribution is 5.92. The summed E-state index contributed by atoms with van der Waals surface area (Å²) in [5.41, 5.74) is 6.62. The van der Waals surface area contributed by atoms with Gasteiger partial charge in [-0.25, -0.2) is 13.8 Å². The Balaban J connectivity index is 1.72. The van der Waals surface area contributed by atoms with Gasteiger partial charge in [-0.15, -0.1) is 0 Å². The van der Waals surface area contributed by atoms with E-state index in [1.807, 2.05) is 0 Å². The number of halogens is 2. The van der Waals surface area contributed by atoms with Gasteiger partial charge in [-0.05, 0) is 30.3 Å². The molecule has 0 unspecified atom stereocenters. The summed E-state index contributed by atoms with van der Waals surface area (Å²) in [5.74, 6) is -1.83. The van der Waals surface area contributed by atoms with Gasteiger partial charge < -0.3 is 15.5 Å². The molecular weight excluding hydrogens is 316 g/mol. The number of nitrogens with two attached hydrogens (primary N) is 1. The van der Waals surface area contributed by atoms with Crippen molar-refractivity contribution in [1.82, 2.24) is 10.3 Å². The van der Waals surface area contributed by atoms with E-state index in [4.69, 9.17) is 10.2 Å². The summed E-state index contributed by atoms with van der Waals surface area (Å²) < 4.78 is 32.3. The minimum absolute atomic E-state index is 0.00386. The van der Waals surface area contributed by atoms with Gasteiger partial charge in [0.25, 0.3) is 5.91 Å². The molecule has 0 bridgehead atoms. The summed E-state index contributed by atoms with van der Waals surface area (Å²) >= 11 is 0. The van der Waals surface area contributed by atoms with Crippen molar-refractivity contribution in [1.29, 1.82) is 0 Å². The lowest BCUT2D eigenvalue weighted by molar-refractivity contribution is 0.0945. The molecule has 7 heteroatoms. The monoisotopic (exact) mass is 329 g/mol. The van der Waals surface area contributed by atoms with E-state index >= 15 is 0 Å². The van der Waals surface area contributed by atoms with Gasteiger partial charge >= 0.3 is 0 Å². The normalized spacial score (nSPS) is 10.6. The zero-order valence-electron chi connectivity index (χ0n) is 12.4. The summed E-state index contributed by atoms with van der Waals surface area (Å²) in [6.45, 7) is -0.294. The Labute approximate surface area is 136 Å². The Morgan fingerprint density at radius 3 is 2.58 bits per heavy atom. The lowest BCUT2D eigenvalue weighted by Gasteiger charge is -2.05. The SMILES string of the molecule is Nc1cccc(-c2nc(C(=O)NCc3c(F)cccc3F)co2)c1. The maximum Gasteiger partial charge on any atom is 0.273 e. The van der Waals surface area contributed by atoms with Crippen LogP contribution in [-0.4, -0.2) is 10.9 Å². The molecule has 3 N–H and O–H groups in total. The van der Waals surface area contributed by atoms with E-state index in [0.717, 1.165) is 12.1 Å². The second-order valence-corrected chi connectivity index (χ2v) is 5.05. The van der Waals surface area contributed by atoms with Crippen molar-refractivity contribution in [2.24, 2.45) is 0 Å². The third kappa shape index (κ3) is 3.24. The van der Waals surface area contributed by atoms with Crippen LogP contribution in [0.3, 0.4) is 0 Å². The highest BCUT2D eigenvalue weighted by atomic mass is 19.1. The predicted octanol–water partition coefficient (Wildman–Crippen LogP) is 3.13. The van der Waals surface area contributed by atoms with Gasteiger partial charge in [0.15, 0.2) is 5.69 Å². The molecule has 0 atom stereocenters. The number of nitrogens with one attached hydrogen (secondary N) is 1. The van der Waals surface area contributed by atoms with E-state index in [9.17, 15) is 13.6 Å². The van der Waals surface area contributed by atoms with Crippen molar-refractivity contribution < 1.29 is 18.0 Å². The number of hydrogen-bond acceptors (Lipinski definition) is 4. The average Bonchev–Trinajstić information content (AvgIpc) is 3.04. The molecule has 0 fully saturated rings. The van der Waals surface area contributed by atoms with Crippen molar-refractivity contribution in [2.45, 2.75) is 6.54 Å². The fourth-order valence-electron chi connectivity index (χ4n) is 2.14. The maximum atomic E-state index is 13.5. The molecule has 0 aliphatic carbocycles. The van der Waals surface area contributed by atoms with Crippen molar-refractivity contribution in [2.75, 3.05) is 5.73 Å². The van der Waals surface area contributed by atoms with Gasteiger partial charge in [0.1, 0.15) is 17.9 Å². The van der Waals surface area contributed by atoms with Crippen LogP contribution in [-0.2, 0) is 6.54 Å². The predicted molar refractivity (Wildman–Crippen MR) is 83.9 cm³/mol. The Kier molecular flexibility index (Phi) is 4.24. The first-order chi connectivity index (χ1) is 11.5. The van der Waals surface area contributed by atoms with Crippen LogP contribution in [0.25, 0.3) is 11.5 Å². The number of rotatable bonds is 4. The first-order valence-electron chi connectivity index (χ1n) is 7.07. The van der Waals surface area contributed by atoms with Gasteiger partial charge in [-0.1, -0.05) is 12.1 Å². The zero-order valence-corrected chi connectivity index (χ0v) is 12.4. The molecule has 0 aliphatic heterocycles. The van der Waals surface area contributed by atoms with Crippen LogP contribution in [0.2, 0.25) is 0 Å². The molecule has 1 amide bonds. The van der Waals surface area contributed by atoms with Crippen molar-refractivity contribution in [3.63, 3.8) is 0 Å². The number of aromatic nitrogens is 1. The zero-order chi connectivity index (χ0) is 17.1. The molecule has 5 nitrogen and oxygen atoms in total. The molecule has 0 aliphatic rings. The van der Waals surface area contributed by atoms with Crippen LogP contribution in [0.4, 0.5) is 14.5 Å². The largest absolute Gasteiger partial charge is 0.444 e. The Morgan fingerprint density at radius 2 is 1.88 bits per heavy atom. The van der Waals surface area contributed by atoms with Gasteiger partial charge in [0.2, 0.25) is 5.89 Å². The van der Waals surface area contributed by atoms with E-state index in [2.05, 4.69) is 10.3 Å². The van der Waals surface area contributed by atoms with E-state index in [0.29, 0.717) is 11.3 Å². The van der Waals surface area contributed by atoms with E-state index in [-0.39, 0.29) is 23.7 Å². The fourth-order valence-corrected chi connectivity index (χ4v) is 2.14. The third-order valence-corrected chi connectivity index (χ3v) is 3.36. The highest BCUT2D eigenvalue weighted by Crippen LogP contribution is 2.20. The summed E-state index contributed by atoms with van der Waals surface area (Å²) in [6.07, 6.45) is 1.17. The molecule has 1 heterocycles. The molecule has 0 spiro atoms. The van der Waals surface area contributed by atoms with Gasteiger partial charge in [0, 0.05) is 23.4 Å². The molecule has 0 radical (unpaired) electrons. The molecule has 2 aromatic carbocycles. The second-order valence-electron chi connectivity index (χ2n) is 5.05. The molecule has 0 saturated carbocycles. The topological polar surface area (TPSA) is 81.1 Å². The van der Waals surface area contributed by atoms with Crippen molar-refractivity contribution in [3.8, 4) is 11.5 Å². The number of nitrogens with zero attached hydrogens (tertiary/aromatic N) is 1. The summed E-state index contributed by atoms with van der Waals surface area (Å²) in [7, 11) is 0. The number of oxazole rings is 1. The second kappa shape index (κ2) is 6.49. The minimum Gasteiger partial charge on any atom is -0.444 e. The Bertz CT molecular complexity index is 873. The van der Waals surface area contributed by atoms with E-state index in [1.165, 1.54) is 12.3 Å². The number of amides is 1. The third-order valence-electron chi connectivity index (χ3n) is 3.36. The number of anilines is 1. The first kappa shape index (κ1) is 15.7. The van der Waals surface area contributed by atoms with Crippen molar-refractivity contribution >= 4 is 11.6 Å². The first-order valence-corrected chi connectivity index (χ1v) is 7.07. The van der Waals surface area contributed by atoms with Crippen LogP contribution in [0, 0.1) is 11.6 Å². The van der Waals surface area contributed by atoms with Crippen LogP contribution in [0.1, 0.15) is 16.1 Å². The molecule has 0 saturated heterocycles. The minimum atomic E-state index is -0.726. The molecule has 1 aromatic heterocycles. The molecular formula is C17H13F2N3O2. The fraction of sp³-hybridized carbons (Fsp3) is 0.0588. The average molecular weight is 329 g/mol. The number of benzene rings is 2. The highest BCUT2D eigenvalue weighted by Gasteiger charge is 2.15. The van der Waals surface area contributed by atoms with Gasteiger partial charge in [-0.2, -0.15) is 0 Å². The van der Waals surface area contributed by atoms with E-state index < -0.39 is 17.5 Å². The molecule has 3 rings (SSSR count). The number of carbonyl (C=O) groups is 1. The van der Waals surface area contributed by atoms with Crippen LogP contribution >= 0.6 is 0 Å². The lowest BCUT2D eigenvalue weighted by Crippen LogP contribution is -2.24. The Hall–Kier alpha value is -3.22. The smallest absolute Gasteiger partial charge is 0.273 e. The van der Waals surface area contributed by atoms with Crippen LogP contribution in [0.5, 0.6) is 0 Å². The summed E-state index contributed by atoms with van der Waals surface area (Å²) in [6, 6.07) is 10.3. The number of carbonyl (C=O) groups excluding carboxylic acids is 1. The number of hydrogen-bond donors (Lipinski definition) is 2. The quantitative estimate of drug-likeness (QED) is 0.721. The standard InChI is InChI=1S/C17H13F2N3O2/c18-13-5-2-6-14(19)12(13)8-21-16(23)15-9-24-17(22-15)10-3-1-4-11(20)7-10/h1-7,9H,8,20H2,(H,21,23). The lowest BCUT2D eigenvalue weighted by atomic mass is 10.2.